The molecule has 1 aliphatic carbocycles. The van der Waals surface area contributed by atoms with E-state index in [0.717, 1.165) is 17.4 Å². The van der Waals surface area contributed by atoms with Crippen molar-refractivity contribution in [2.45, 2.75) is 38.1 Å². The molecule has 0 bridgehead atoms. The van der Waals surface area contributed by atoms with Gasteiger partial charge in [-0.3, -0.25) is 4.79 Å². The van der Waals surface area contributed by atoms with Crippen LogP contribution < -0.4 is 0 Å². The van der Waals surface area contributed by atoms with E-state index >= 15 is 0 Å². The number of hydrogen-bond donors (Lipinski definition) is 0. The molecule has 98 valence electrons. The molecule has 0 atom stereocenters. The minimum atomic E-state index is 0.271. The number of hydrogen-bond acceptors (Lipinski definition) is 1. The Kier molecular flexibility index (Phi) is 5.24. The third-order valence-electron chi connectivity index (χ3n) is 3.61. The molecule has 0 unspecified atom stereocenters. The fraction of sp³-hybridized carbons (Fsp3) is 0.533. The fourth-order valence-corrected chi connectivity index (χ4v) is 3.07. The zero-order chi connectivity index (χ0) is 12.8. The van der Waals surface area contributed by atoms with Crippen LogP contribution in [0.15, 0.2) is 30.3 Å². The molecular weight excluding hydrogens is 290 g/mol. The lowest BCUT2D eigenvalue weighted by Gasteiger charge is -2.28. The number of carbonyl (C=O) groups excluding carboxylic acids is 1. The predicted octanol–water partition coefficient (Wildman–Crippen LogP) is 3.40. The van der Waals surface area contributed by atoms with Crippen molar-refractivity contribution in [2.75, 3.05) is 11.9 Å². The number of alkyl halides is 1. The second-order valence-electron chi connectivity index (χ2n) is 4.88. The van der Waals surface area contributed by atoms with Crippen LogP contribution in [0.5, 0.6) is 0 Å². The summed E-state index contributed by atoms with van der Waals surface area (Å²) in [5.74, 6) is 0.271. The van der Waals surface area contributed by atoms with Crippen molar-refractivity contribution in [1.82, 2.24) is 4.90 Å². The Bertz CT molecular complexity index is 373. The molecule has 0 spiro atoms. The van der Waals surface area contributed by atoms with E-state index in [2.05, 4.69) is 20.8 Å². The maximum atomic E-state index is 12.4. The van der Waals surface area contributed by atoms with E-state index in [-0.39, 0.29) is 5.91 Å². The zero-order valence-electron chi connectivity index (χ0n) is 10.6. The third-order valence-corrected chi connectivity index (χ3v) is 3.96. The summed E-state index contributed by atoms with van der Waals surface area (Å²) in [6.45, 7) is 0.830. The molecular formula is C15H20BrNO. The summed E-state index contributed by atoms with van der Waals surface area (Å²) >= 11 is 3.46. The summed E-state index contributed by atoms with van der Waals surface area (Å²) in [6.07, 6.45) is 5.41. The Morgan fingerprint density at radius 1 is 1.22 bits per heavy atom. The molecule has 0 aromatic heterocycles. The molecule has 1 aromatic carbocycles. The molecule has 1 amide bonds. The number of carbonyl (C=O) groups is 1. The monoisotopic (exact) mass is 309 g/mol. The molecule has 0 aliphatic heterocycles. The Morgan fingerprint density at radius 3 is 2.50 bits per heavy atom. The Morgan fingerprint density at radius 2 is 1.89 bits per heavy atom. The van der Waals surface area contributed by atoms with Crippen molar-refractivity contribution in [3.63, 3.8) is 0 Å². The van der Waals surface area contributed by atoms with Crippen LogP contribution in [0, 0.1) is 0 Å². The van der Waals surface area contributed by atoms with Crippen molar-refractivity contribution in [3.8, 4) is 0 Å². The van der Waals surface area contributed by atoms with Crippen LogP contribution in [0.25, 0.3) is 0 Å². The van der Waals surface area contributed by atoms with E-state index in [0.29, 0.717) is 12.5 Å². The smallest absolute Gasteiger partial charge is 0.227 e. The molecule has 18 heavy (non-hydrogen) atoms. The highest BCUT2D eigenvalue weighted by atomic mass is 79.9. The van der Waals surface area contributed by atoms with Crippen LogP contribution in [0.2, 0.25) is 0 Å². The second kappa shape index (κ2) is 6.93. The highest BCUT2D eigenvalue weighted by molar-refractivity contribution is 9.09. The van der Waals surface area contributed by atoms with Gasteiger partial charge in [0.25, 0.3) is 0 Å². The summed E-state index contributed by atoms with van der Waals surface area (Å²) in [5, 5.41) is 0.865. The summed E-state index contributed by atoms with van der Waals surface area (Å²) in [4.78, 5) is 14.5. The van der Waals surface area contributed by atoms with E-state index in [9.17, 15) is 4.79 Å². The maximum absolute atomic E-state index is 12.4. The van der Waals surface area contributed by atoms with Gasteiger partial charge in [0.05, 0.1) is 6.42 Å². The molecule has 2 rings (SSSR count). The standard InChI is InChI=1S/C15H20BrNO/c16-10-11-17(14-8-4-5-9-14)15(18)12-13-6-2-1-3-7-13/h1-3,6-7,14H,4-5,8-12H2. The molecule has 1 fully saturated rings. The quantitative estimate of drug-likeness (QED) is 0.763. The van der Waals surface area contributed by atoms with Crippen molar-refractivity contribution in [2.24, 2.45) is 0 Å². The molecule has 1 aliphatic rings. The Balaban J connectivity index is 1.99. The van der Waals surface area contributed by atoms with Gasteiger partial charge in [-0.15, -0.1) is 0 Å². The topological polar surface area (TPSA) is 20.3 Å². The van der Waals surface area contributed by atoms with Crippen molar-refractivity contribution >= 4 is 21.8 Å². The Hall–Kier alpha value is -0.830. The molecule has 1 aromatic rings. The van der Waals surface area contributed by atoms with Crippen molar-refractivity contribution in [3.05, 3.63) is 35.9 Å². The van der Waals surface area contributed by atoms with Crippen LogP contribution in [-0.2, 0) is 11.2 Å². The molecule has 1 saturated carbocycles. The normalized spacial score (nSPS) is 15.8. The first-order valence-corrected chi connectivity index (χ1v) is 7.83. The minimum Gasteiger partial charge on any atom is -0.339 e. The van der Waals surface area contributed by atoms with Gasteiger partial charge in [-0.25, -0.2) is 0 Å². The molecule has 2 nitrogen and oxygen atoms in total. The highest BCUT2D eigenvalue weighted by Crippen LogP contribution is 2.24. The predicted molar refractivity (Wildman–Crippen MR) is 77.9 cm³/mol. The van der Waals surface area contributed by atoms with Gasteiger partial charge in [-0.05, 0) is 18.4 Å². The SMILES string of the molecule is O=C(Cc1ccccc1)N(CCBr)C1CCCC1. The largest absolute Gasteiger partial charge is 0.339 e. The van der Waals surface area contributed by atoms with Crippen LogP contribution in [0.1, 0.15) is 31.2 Å². The van der Waals surface area contributed by atoms with Gasteiger partial charge in [0.1, 0.15) is 0 Å². The first kappa shape index (κ1) is 13.6. The number of benzene rings is 1. The average molecular weight is 310 g/mol. The van der Waals surface area contributed by atoms with E-state index in [4.69, 9.17) is 0 Å². The van der Waals surface area contributed by atoms with Gasteiger partial charge in [0.2, 0.25) is 5.91 Å². The molecule has 0 N–H and O–H groups in total. The molecule has 0 saturated heterocycles. The summed E-state index contributed by atoms with van der Waals surface area (Å²) in [5.41, 5.74) is 1.11. The lowest BCUT2D eigenvalue weighted by atomic mass is 10.1. The molecule has 3 heteroatoms. The lowest BCUT2D eigenvalue weighted by molar-refractivity contribution is -0.132. The number of rotatable bonds is 5. The Labute approximate surface area is 117 Å². The van der Waals surface area contributed by atoms with Crippen LogP contribution in [0.4, 0.5) is 0 Å². The highest BCUT2D eigenvalue weighted by Gasteiger charge is 2.25. The van der Waals surface area contributed by atoms with Crippen LogP contribution in [0.3, 0.4) is 0 Å². The summed E-state index contributed by atoms with van der Waals surface area (Å²) in [7, 11) is 0. The van der Waals surface area contributed by atoms with Gasteiger partial charge in [-0.2, -0.15) is 0 Å². The van der Waals surface area contributed by atoms with Gasteiger partial charge < -0.3 is 4.90 Å². The van der Waals surface area contributed by atoms with Gasteiger partial charge in [0, 0.05) is 17.9 Å². The molecule has 0 heterocycles. The number of halogens is 1. The number of nitrogens with zero attached hydrogens (tertiary/aromatic N) is 1. The molecule has 0 radical (unpaired) electrons. The summed E-state index contributed by atoms with van der Waals surface area (Å²) in [6, 6.07) is 10.5. The first-order chi connectivity index (χ1) is 8.81. The van der Waals surface area contributed by atoms with E-state index < -0.39 is 0 Å². The second-order valence-corrected chi connectivity index (χ2v) is 5.67. The van der Waals surface area contributed by atoms with Gasteiger partial charge in [0.15, 0.2) is 0 Å². The number of amides is 1. The first-order valence-electron chi connectivity index (χ1n) is 6.70. The zero-order valence-corrected chi connectivity index (χ0v) is 12.2. The third kappa shape index (κ3) is 3.58. The summed E-state index contributed by atoms with van der Waals surface area (Å²) < 4.78 is 0. The fourth-order valence-electron chi connectivity index (χ4n) is 2.69. The van der Waals surface area contributed by atoms with E-state index in [1.54, 1.807) is 0 Å². The van der Waals surface area contributed by atoms with Gasteiger partial charge in [-0.1, -0.05) is 59.1 Å². The minimum absolute atomic E-state index is 0.271. The van der Waals surface area contributed by atoms with Crippen molar-refractivity contribution < 1.29 is 4.79 Å². The lowest BCUT2D eigenvalue weighted by Crippen LogP contribution is -2.41. The average Bonchev–Trinajstić information content (AvgIpc) is 2.90. The van der Waals surface area contributed by atoms with Crippen LogP contribution >= 0.6 is 15.9 Å². The van der Waals surface area contributed by atoms with Crippen LogP contribution in [-0.4, -0.2) is 28.7 Å². The maximum Gasteiger partial charge on any atom is 0.227 e. The van der Waals surface area contributed by atoms with Gasteiger partial charge >= 0.3 is 0 Å². The van der Waals surface area contributed by atoms with Crippen molar-refractivity contribution in [1.29, 1.82) is 0 Å². The van der Waals surface area contributed by atoms with E-state index in [1.807, 2.05) is 30.3 Å². The van der Waals surface area contributed by atoms with E-state index in [1.165, 1.54) is 25.7 Å².